The predicted octanol–water partition coefficient (Wildman–Crippen LogP) is 3.15. The molecule has 3 N–H and O–H groups in total. The smallest absolute Gasteiger partial charge is 0.441 e. The summed E-state index contributed by atoms with van der Waals surface area (Å²) in [5.41, 5.74) is 0.669. The van der Waals surface area contributed by atoms with Gasteiger partial charge in [0, 0.05) is 24.5 Å². The lowest BCUT2D eigenvalue weighted by Gasteiger charge is -2.16. The number of hydrogen-bond acceptors (Lipinski definition) is 8. The molecule has 3 atom stereocenters. The molecule has 1 aliphatic rings. The molecule has 1 aliphatic heterocycles. The van der Waals surface area contributed by atoms with Crippen LogP contribution in [-0.4, -0.2) is 61.9 Å². The number of hydrogen-bond donors (Lipinski definition) is 3. The number of H-pyrrole nitrogens is 1. The molecule has 11 nitrogen and oxygen atoms in total. The normalized spacial score (nSPS) is 20.7. The van der Waals surface area contributed by atoms with Crippen LogP contribution >= 0.6 is 0 Å². The van der Waals surface area contributed by atoms with Crippen molar-refractivity contribution in [1.29, 1.82) is 0 Å². The minimum absolute atomic E-state index is 0.0447. The maximum Gasteiger partial charge on any atom is 0.522 e. The third-order valence-electron chi connectivity index (χ3n) is 4.71. The highest BCUT2D eigenvalue weighted by Gasteiger charge is 2.42. The molecule has 0 saturated carbocycles. The first-order valence-electron chi connectivity index (χ1n) is 10.2. The van der Waals surface area contributed by atoms with E-state index in [1.54, 1.807) is 13.8 Å². The van der Waals surface area contributed by atoms with Crippen LogP contribution in [0.1, 0.15) is 31.3 Å². The second-order valence-electron chi connectivity index (χ2n) is 7.74. The Labute approximate surface area is 189 Å². The van der Waals surface area contributed by atoms with E-state index in [1.165, 1.54) is 28.9 Å². The van der Waals surface area contributed by atoms with Gasteiger partial charge in [-0.05, 0) is 19.9 Å². The van der Waals surface area contributed by atoms with Gasteiger partial charge in [-0.2, -0.15) is 5.10 Å². The van der Waals surface area contributed by atoms with Crippen LogP contribution in [-0.2, 0) is 20.8 Å². The molecule has 15 heteroatoms. The van der Waals surface area contributed by atoms with Gasteiger partial charge in [-0.3, -0.25) is 14.2 Å². The van der Waals surface area contributed by atoms with Crippen LogP contribution in [0.3, 0.4) is 0 Å². The lowest BCUT2D eigenvalue weighted by molar-refractivity contribution is -0.330. The van der Waals surface area contributed by atoms with E-state index in [2.05, 4.69) is 35.5 Å². The van der Waals surface area contributed by atoms with E-state index in [4.69, 9.17) is 9.47 Å². The van der Waals surface area contributed by atoms with Gasteiger partial charge in [0.2, 0.25) is 5.95 Å². The molecule has 3 aromatic rings. The fourth-order valence-electron chi connectivity index (χ4n) is 3.29. The van der Waals surface area contributed by atoms with Crippen molar-refractivity contribution in [2.24, 2.45) is 0 Å². The zero-order valence-electron chi connectivity index (χ0n) is 18.0. The molecular formula is C19H21F4N7O4. The van der Waals surface area contributed by atoms with Crippen molar-refractivity contribution in [2.75, 3.05) is 11.9 Å². The van der Waals surface area contributed by atoms with Crippen LogP contribution in [0.4, 0.5) is 34.1 Å². The Morgan fingerprint density at radius 1 is 1.41 bits per heavy atom. The number of aromatic amines is 1. The van der Waals surface area contributed by atoms with Crippen molar-refractivity contribution in [3.8, 4) is 0 Å². The number of rotatable bonds is 7. The highest BCUT2D eigenvalue weighted by molar-refractivity contribution is 5.67. The summed E-state index contributed by atoms with van der Waals surface area (Å²) in [5.74, 6) is 0.450. The summed E-state index contributed by atoms with van der Waals surface area (Å²) in [6.45, 7) is 2.61. The number of halogens is 4. The summed E-state index contributed by atoms with van der Waals surface area (Å²) in [7, 11) is 0. The Morgan fingerprint density at radius 3 is 2.94 bits per heavy atom. The summed E-state index contributed by atoms with van der Waals surface area (Å²) >= 11 is 0. The first-order chi connectivity index (χ1) is 16.1. The zero-order chi connectivity index (χ0) is 24.5. The molecule has 4 rings (SSSR count). The molecule has 1 fully saturated rings. The molecular weight excluding hydrogens is 466 g/mol. The molecule has 0 radical (unpaired) electrons. The Morgan fingerprint density at radius 2 is 2.21 bits per heavy atom. The van der Waals surface area contributed by atoms with E-state index in [9.17, 15) is 22.4 Å². The van der Waals surface area contributed by atoms with E-state index >= 15 is 0 Å². The average Bonchev–Trinajstić information content (AvgIpc) is 3.45. The fourth-order valence-corrected chi connectivity index (χ4v) is 3.29. The second kappa shape index (κ2) is 9.42. The predicted molar refractivity (Wildman–Crippen MR) is 108 cm³/mol. The minimum Gasteiger partial charge on any atom is -0.441 e. The van der Waals surface area contributed by atoms with Gasteiger partial charge in [0.15, 0.2) is 18.1 Å². The van der Waals surface area contributed by atoms with Gasteiger partial charge in [0.25, 0.3) is 0 Å². The number of imidazole rings is 1. The first kappa shape index (κ1) is 23.7. The van der Waals surface area contributed by atoms with Crippen LogP contribution < -0.4 is 10.6 Å². The van der Waals surface area contributed by atoms with Crippen LogP contribution in [0.2, 0.25) is 0 Å². The quantitative estimate of drug-likeness (QED) is 0.434. The van der Waals surface area contributed by atoms with Crippen molar-refractivity contribution >= 4 is 23.5 Å². The van der Waals surface area contributed by atoms with Gasteiger partial charge in [0.1, 0.15) is 11.8 Å². The van der Waals surface area contributed by atoms with E-state index < -0.39 is 37.4 Å². The number of carbonyl (C=O) groups is 1. The number of nitrogens with zero attached hydrogens (tertiary/aromatic N) is 4. The fraction of sp³-hybridized carbons (Fsp3) is 0.474. The number of amides is 1. The second-order valence-corrected chi connectivity index (χ2v) is 7.74. The average molecular weight is 487 g/mol. The molecule has 0 bridgehead atoms. The highest BCUT2D eigenvalue weighted by atomic mass is 19.4. The summed E-state index contributed by atoms with van der Waals surface area (Å²) in [5, 5.41) is 12.1. The molecule has 1 saturated heterocycles. The molecule has 1 amide bonds. The topological polar surface area (TPSA) is 128 Å². The van der Waals surface area contributed by atoms with Gasteiger partial charge in [-0.15, -0.1) is 13.2 Å². The van der Waals surface area contributed by atoms with Crippen LogP contribution in [0.25, 0.3) is 5.65 Å². The number of nitrogens with one attached hydrogen (secondary N) is 3. The summed E-state index contributed by atoms with van der Waals surface area (Å²) < 4.78 is 67.5. The third-order valence-corrected chi connectivity index (χ3v) is 4.71. The summed E-state index contributed by atoms with van der Waals surface area (Å²) in [4.78, 5) is 19.9. The Kier molecular flexibility index (Phi) is 6.56. The molecule has 3 aromatic heterocycles. The van der Waals surface area contributed by atoms with E-state index in [0.717, 1.165) is 0 Å². The van der Waals surface area contributed by atoms with Gasteiger partial charge in [0.05, 0.1) is 24.6 Å². The van der Waals surface area contributed by atoms with Crippen LogP contribution in [0.5, 0.6) is 0 Å². The van der Waals surface area contributed by atoms with E-state index in [-0.39, 0.29) is 30.1 Å². The number of ether oxygens (including phenoxy) is 3. The monoisotopic (exact) mass is 487 g/mol. The number of carbonyl (C=O) groups excluding carboxylic acids is 1. The Bertz CT molecular complexity index is 1150. The Balaban J connectivity index is 1.43. The van der Waals surface area contributed by atoms with Crippen LogP contribution in [0, 0.1) is 0 Å². The van der Waals surface area contributed by atoms with Crippen LogP contribution in [0.15, 0.2) is 24.5 Å². The summed E-state index contributed by atoms with van der Waals surface area (Å²) in [6, 6.07) is 2.83. The standard InChI is InChI=1S/C19H21F4N7O4/c1-9(2)25-18(31)34-12-8-32-16(15(12)20)11-5-13(29-28-11)27-17-24-4-3-14-26-10(6-30(14)17)7-33-19(21,22)23/h3-6,9,12,15-16H,7-8H2,1-2H3,(H,25,31)(H2,24,27,28,29)/t12-,15+,16-/m0/s1. The van der Waals surface area contributed by atoms with Crippen molar-refractivity contribution in [3.05, 3.63) is 35.9 Å². The van der Waals surface area contributed by atoms with Gasteiger partial charge in [-0.1, -0.05) is 0 Å². The molecule has 0 unspecified atom stereocenters. The van der Waals surface area contributed by atoms with Crippen molar-refractivity contribution in [1.82, 2.24) is 29.9 Å². The van der Waals surface area contributed by atoms with Gasteiger partial charge in [-0.25, -0.2) is 19.2 Å². The lowest BCUT2D eigenvalue weighted by Crippen LogP contribution is -2.36. The van der Waals surface area contributed by atoms with Gasteiger partial charge < -0.3 is 20.1 Å². The molecule has 184 valence electrons. The molecule has 34 heavy (non-hydrogen) atoms. The van der Waals surface area contributed by atoms with E-state index in [1.807, 2.05) is 0 Å². The maximum absolute atomic E-state index is 14.8. The molecule has 0 aliphatic carbocycles. The zero-order valence-corrected chi connectivity index (χ0v) is 18.0. The van der Waals surface area contributed by atoms with Gasteiger partial charge >= 0.3 is 12.5 Å². The number of aromatic nitrogens is 5. The summed E-state index contributed by atoms with van der Waals surface area (Å²) in [6.07, 6.45) is -6.51. The first-order valence-corrected chi connectivity index (χ1v) is 10.2. The SMILES string of the molecule is CC(C)NC(=O)O[C@H]1CO[C@@H](c2cc(Nc3nccc4nc(COC(F)(F)F)cn34)n[nH]2)[C@@H]1F. The number of alkyl carbamates (subject to hydrolysis) is 1. The lowest BCUT2D eigenvalue weighted by atomic mass is 10.1. The Hall–Kier alpha value is -3.46. The van der Waals surface area contributed by atoms with Crippen molar-refractivity contribution in [3.63, 3.8) is 0 Å². The van der Waals surface area contributed by atoms with Crippen molar-refractivity contribution < 1.29 is 36.6 Å². The molecule has 4 heterocycles. The van der Waals surface area contributed by atoms with E-state index in [0.29, 0.717) is 11.3 Å². The number of alkyl halides is 4. The number of fused-ring (bicyclic) bond motifs is 1. The largest absolute Gasteiger partial charge is 0.522 e. The van der Waals surface area contributed by atoms with Crippen molar-refractivity contribution in [2.45, 2.75) is 51.2 Å². The minimum atomic E-state index is -4.78. The maximum atomic E-state index is 14.8. The number of anilines is 2. The molecule has 0 aromatic carbocycles. The third kappa shape index (κ3) is 5.53. The molecule has 0 spiro atoms. The highest BCUT2D eigenvalue weighted by Crippen LogP contribution is 2.33.